The van der Waals surface area contributed by atoms with Crippen LogP contribution in [-0.2, 0) is 11.3 Å². The molecular weight excluding hydrogens is 372 g/mol. The number of carbonyl (C=O) groups excluding carboxylic acids is 1. The molecule has 0 saturated carbocycles. The number of carbonyl (C=O) groups is 1. The van der Waals surface area contributed by atoms with Crippen LogP contribution in [0.25, 0.3) is 11.4 Å². The molecule has 3 aromatic rings. The summed E-state index contributed by atoms with van der Waals surface area (Å²) < 4.78 is 1.95. The van der Waals surface area contributed by atoms with E-state index in [0.29, 0.717) is 17.5 Å². The van der Waals surface area contributed by atoms with Crippen molar-refractivity contribution >= 4 is 23.3 Å². The Balaban J connectivity index is 1.88. The molecule has 0 fully saturated rings. The lowest BCUT2D eigenvalue weighted by atomic mass is 10.0. The van der Waals surface area contributed by atoms with Crippen molar-refractivity contribution in [3.05, 3.63) is 60.4 Å². The number of ketones is 1. The summed E-state index contributed by atoms with van der Waals surface area (Å²) in [6.07, 6.45) is 3.38. The number of nitrogens with zero attached hydrogens (tertiary/aromatic N) is 5. The molecule has 7 nitrogen and oxygen atoms in total. The first-order chi connectivity index (χ1) is 13.6. The van der Waals surface area contributed by atoms with E-state index in [1.165, 1.54) is 18.7 Å². The SMILES string of the molecule is CC(=N)C(C#N)C(=O)CSc1nnc(-c2ccncc2)n1Cc1ccccc1. The average Bonchev–Trinajstić information content (AvgIpc) is 3.10. The van der Waals surface area contributed by atoms with Crippen LogP contribution in [0.5, 0.6) is 0 Å². The van der Waals surface area contributed by atoms with E-state index in [1.54, 1.807) is 12.4 Å². The van der Waals surface area contributed by atoms with Gasteiger partial charge >= 0.3 is 0 Å². The van der Waals surface area contributed by atoms with Crippen molar-refractivity contribution in [2.45, 2.75) is 18.6 Å². The van der Waals surface area contributed by atoms with Crippen LogP contribution in [0.4, 0.5) is 0 Å². The zero-order valence-electron chi connectivity index (χ0n) is 15.2. The molecule has 0 aliphatic rings. The molecule has 3 rings (SSSR count). The zero-order chi connectivity index (χ0) is 19.9. The van der Waals surface area contributed by atoms with Gasteiger partial charge in [0, 0.05) is 23.7 Å². The molecule has 1 unspecified atom stereocenters. The van der Waals surface area contributed by atoms with E-state index < -0.39 is 5.92 Å². The van der Waals surface area contributed by atoms with Gasteiger partial charge in [-0.1, -0.05) is 42.1 Å². The zero-order valence-corrected chi connectivity index (χ0v) is 16.1. The Hall–Kier alpha value is -3.31. The van der Waals surface area contributed by atoms with Crippen LogP contribution in [0.15, 0.2) is 60.0 Å². The van der Waals surface area contributed by atoms with Crippen LogP contribution in [0, 0.1) is 22.7 Å². The molecule has 0 saturated heterocycles. The smallest absolute Gasteiger partial charge is 0.192 e. The van der Waals surface area contributed by atoms with Crippen LogP contribution < -0.4 is 0 Å². The number of pyridine rings is 1. The number of benzene rings is 1. The van der Waals surface area contributed by atoms with E-state index in [4.69, 9.17) is 10.7 Å². The molecule has 2 aromatic heterocycles. The van der Waals surface area contributed by atoms with Crippen molar-refractivity contribution in [1.82, 2.24) is 19.7 Å². The molecule has 2 heterocycles. The maximum absolute atomic E-state index is 12.3. The normalized spacial score (nSPS) is 11.6. The maximum Gasteiger partial charge on any atom is 0.192 e. The minimum absolute atomic E-state index is 0.0522. The lowest BCUT2D eigenvalue weighted by Crippen LogP contribution is -2.21. The first kappa shape index (κ1) is 19.5. The highest BCUT2D eigenvalue weighted by Crippen LogP contribution is 2.25. The van der Waals surface area contributed by atoms with Gasteiger partial charge in [0.1, 0.15) is 5.92 Å². The van der Waals surface area contributed by atoms with Gasteiger partial charge in [0.05, 0.1) is 18.4 Å². The van der Waals surface area contributed by atoms with Gasteiger partial charge in [0.25, 0.3) is 0 Å². The average molecular weight is 390 g/mol. The van der Waals surface area contributed by atoms with E-state index in [0.717, 1.165) is 11.1 Å². The number of nitrogens with one attached hydrogen (secondary N) is 1. The number of aromatic nitrogens is 4. The van der Waals surface area contributed by atoms with Gasteiger partial charge in [-0.15, -0.1) is 10.2 Å². The van der Waals surface area contributed by atoms with Crippen molar-refractivity contribution in [2.24, 2.45) is 5.92 Å². The van der Waals surface area contributed by atoms with Crippen molar-refractivity contribution in [2.75, 3.05) is 5.75 Å². The van der Waals surface area contributed by atoms with Crippen molar-refractivity contribution in [3.8, 4) is 17.5 Å². The molecular formula is C20H18N6OS. The molecule has 28 heavy (non-hydrogen) atoms. The Morgan fingerprint density at radius 1 is 1.21 bits per heavy atom. The molecule has 0 bridgehead atoms. The second-order valence-corrected chi connectivity index (χ2v) is 7.06. The van der Waals surface area contributed by atoms with E-state index >= 15 is 0 Å². The van der Waals surface area contributed by atoms with Gasteiger partial charge < -0.3 is 5.41 Å². The number of Topliss-reactive ketones (excluding diaryl/α,β-unsaturated/α-hetero) is 1. The first-order valence-electron chi connectivity index (χ1n) is 8.58. The summed E-state index contributed by atoms with van der Waals surface area (Å²) >= 11 is 1.23. The van der Waals surface area contributed by atoms with Gasteiger partial charge in [0.15, 0.2) is 16.8 Å². The van der Waals surface area contributed by atoms with Gasteiger partial charge in [-0.3, -0.25) is 14.3 Å². The molecule has 0 amide bonds. The van der Waals surface area contributed by atoms with Crippen LogP contribution in [0.2, 0.25) is 0 Å². The Kier molecular flexibility index (Phi) is 6.29. The highest BCUT2D eigenvalue weighted by Gasteiger charge is 2.22. The number of rotatable bonds is 8. The molecule has 1 N–H and O–H groups in total. The van der Waals surface area contributed by atoms with Gasteiger partial charge in [-0.05, 0) is 24.6 Å². The molecule has 0 radical (unpaired) electrons. The third-order valence-corrected chi connectivity index (χ3v) is 5.06. The Morgan fingerprint density at radius 2 is 1.93 bits per heavy atom. The highest BCUT2D eigenvalue weighted by molar-refractivity contribution is 7.99. The molecule has 0 aliphatic heterocycles. The molecule has 140 valence electrons. The molecule has 0 aliphatic carbocycles. The monoisotopic (exact) mass is 390 g/mol. The molecule has 1 aromatic carbocycles. The third-order valence-electron chi connectivity index (χ3n) is 4.07. The number of nitriles is 1. The largest absolute Gasteiger partial charge is 0.308 e. The maximum atomic E-state index is 12.3. The third kappa shape index (κ3) is 4.50. The lowest BCUT2D eigenvalue weighted by Gasteiger charge is -2.11. The van der Waals surface area contributed by atoms with E-state index in [2.05, 4.69) is 15.2 Å². The lowest BCUT2D eigenvalue weighted by molar-refractivity contribution is -0.117. The van der Waals surface area contributed by atoms with Gasteiger partial charge in [-0.25, -0.2) is 0 Å². The summed E-state index contributed by atoms with van der Waals surface area (Å²) in [5.41, 5.74) is 2.01. The fourth-order valence-corrected chi connectivity index (χ4v) is 3.49. The second-order valence-electron chi connectivity index (χ2n) is 6.11. The number of hydrogen-bond acceptors (Lipinski definition) is 7. The quantitative estimate of drug-likeness (QED) is 0.467. The number of hydrogen-bond donors (Lipinski definition) is 1. The number of thioether (sulfide) groups is 1. The van der Waals surface area contributed by atoms with Crippen LogP contribution in [-0.4, -0.2) is 37.0 Å². The van der Waals surface area contributed by atoms with Crippen molar-refractivity contribution in [3.63, 3.8) is 0 Å². The van der Waals surface area contributed by atoms with E-state index in [9.17, 15) is 4.79 Å². The summed E-state index contributed by atoms with van der Waals surface area (Å²) in [6.45, 7) is 2.02. The second kappa shape index (κ2) is 9.06. The summed E-state index contributed by atoms with van der Waals surface area (Å²) in [6, 6.07) is 15.5. The molecule has 0 spiro atoms. The van der Waals surface area contributed by atoms with E-state index in [1.807, 2.05) is 53.1 Å². The molecule has 1 atom stereocenters. The van der Waals surface area contributed by atoms with Crippen LogP contribution in [0.1, 0.15) is 12.5 Å². The van der Waals surface area contributed by atoms with Gasteiger partial charge in [0.2, 0.25) is 0 Å². The van der Waals surface area contributed by atoms with Crippen molar-refractivity contribution < 1.29 is 4.79 Å². The Bertz CT molecular complexity index is 1010. The predicted octanol–water partition coefficient (Wildman–Crippen LogP) is 3.23. The minimum atomic E-state index is -1.02. The molecule has 8 heteroatoms. The minimum Gasteiger partial charge on any atom is -0.308 e. The van der Waals surface area contributed by atoms with E-state index in [-0.39, 0.29) is 17.2 Å². The fraction of sp³-hybridized carbons (Fsp3) is 0.200. The van der Waals surface area contributed by atoms with Crippen LogP contribution in [0.3, 0.4) is 0 Å². The summed E-state index contributed by atoms with van der Waals surface area (Å²) in [5, 5.41) is 25.8. The predicted molar refractivity (Wildman–Crippen MR) is 107 cm³/mol. The van der Waals surface area contributed by atoms with Gasteiger partial charge in [-0.2, -0.15) is 5.26 Å². The summed E-state index contributed by atoms with van der Waals surface area (Å²) in [7, 11) is 0. The fourth-order valence-electron chi connectivity index (χ4n) is 2.65. The highest BCUT2D eigenvalue weighted by atomic mass is 32.2. The summed E-state index contributed by atoms with van der Waals surface area (Å²) in [4.78, 5) is 16.3. The van der Waals surface area contributed by atoms with Crippen LogP contribution >= 0.6 is 11.8 Å². The first-order valence-corrected chi connectivity index (χ1v) is 9.56. The Labute approximate surface area is 167 Å². The Morgan fingerprint density at radius 3 is 2.57 bits per heavy atom. The summed E-state index contributed by atoms with van der Waals surface area (Å²) in [5.74, 6) is -0.587. The topological polar surface area (TPSA) is 108 Å². The van der Waals surface area contributed by atoms with Crippen molar-refractivity contribution in [1.29, 1.82) is 10.7 Å². The standard InChI is InChI=1S/C20H18N6OS/c1-14(22)17(11-21)18(27)13-28-20-25-24-19(16-7-9-23-10-8-16)26(20)12-15-5-3-2-4-6-15/h2-10,17,22H,12-13H2,1H3.